The zero-order valence-corrected chi connectivity index (χ0v) is 9.14. The Morgan fingerprint density at radius 1 is 1.29 bits per heavy atom. The van der Waals surface area contributed by atoms with E-state index in [1.807, 2.05) is 0 Å². The van der Waals surface area contributed by atoms with Crippen molar-refractivity contribution in [2.75, 3.05) is 7.11 Å². The highest BCUT2D eigenvalue weighted by Gasteiger charge is 2.09. The molecule has 0 saturated carbocycles. The molecule has 0 radical (unpaired) electrons. The van der Waals surface area contributed by atoms with Crippen molar-refractivity contribution in [3.8, 4) is 5.75 Å². The molecule has 0 atom stereocenters. The molecule has 17 heavy (non-hydrogen) atoms. The summed E-state index contributed by atoms with van der Waals surface area (Å²) in [6.45, 7) is 0. The highest BCUT2D eigenvalue weighted by molar-refractivity contribution is 6.03. The maximum absolute atomic E-state index is 11.3. The number of ether oxygens (including phenoxy) is 1. The van der Waals surface area contributed by atoms with Crippen molar-refractivity contribution in [3.05, 3.63) is 41.5 Å². The SMILES string of the molecule is COC(=O)c1ccc2c(C=O)c(O)ccc2c1. The third-order valence-corrected chi connectivity index (χ3v) is 2.58. The summed E-state index contributed by atoms with van der Waals surface area (Å²) < 4.78 is 4.61. The van der Waals surface area contributed by atoms with Gasteiger partial charge >= 0.3 is 5.97 Å². The van der Waals surface area contributed by atoms with Gasteiger partial charge in [0.2, 0.25) is 0 Å². The number of aldehydes is 1. The first kappa shape index (κ1) is 11.1. The Bertz CT molecular complexity index is 602. The molecule has 2 aromatic carbocycles. The molecule has 0 aromatic heterocycles. The quantitative estimate of drug-likeness (QED) is 0.634. The zero-order chi connectivity index (χ0) is 12.4. The van der Waals surface area contributed by atoms with E-state index in [1.165, 1.54) is 13.2 Å². The lowest BCUT2D eigenvalue weighted by Crippen LogP contribution is -2.00. The molecule has 0 aliphatic carbocycles. The fourth-order valence-electron chi connectivity index (χ4n) is 1.71. The molecule has 4 nitrogen and oxygen atoms in total. The largest absolute Gasteiger partial charge is 0.507 e. The number of fused-ring (bicyclic) bond motifs is 1. The van der Waals surface area contributed by atoms with E-state index in [0.29, 0.717) is 22.6 Å². The molecule has 0 fully saturated rings. The van der Waals surface area contributed by atoms with Gasteiger partial charge in [0.15, 0.2) is 6.29 Å². The average molecular weight is 230 g/mol. The van der Waals surface area contributed by atoms with Gasteiger partial charge < -0.3 is 9.84 Å². The van der Waals surface area contributed by atoms with Crippen LogP contribution in [0.4, 0.5) is 0 Å². The van der Waals surface area contributed by atoms with Crippen molar-refractivity contribution in [1.29, 1.82) is 0 Å². The van der Waals surface area contributed by atoms with Crippen LogP contribution >= 0.6 is 0 Å². The smallest absolute Gasteiger partial charge is 0.337 e. The molecular formula is C13H10O4. The molecule has 1 N–H and O–H groups in total. The van der Waals surface area contributed by atoms with Crippen LogP contribution in [0.5, 0.6) is 5.75 Å². The van der Waals surface area contributed by atoms with Gasteiger partial charge in [0.1, 0.15) is 5.75 Å². The Hall–Kier alpha value is -2.36. The summed E-state index contributed by atoms with van der Waals surface area (Å²) in [5.41, 5.74) is 0.626. The number of aromatic hydroxyl groups is 1. The maximum atomic E-state index is 11.3. The third-order valence-electron chi connectivity index (χ3n) is 2.58. The predicted octanol–water partition coefficient (Wildman–Crippen LogP) is 2.14. The lowest BCUT2D eigenvalue weighted by molar-refractivity contribution is 0.0601. The number of phenolic OH excluding ortho intramolecular Hbond substituents is 1. The first-order valence-corrected chi connectivity index (χ1v) is 4.96. The minimum atomic E-state index is -0.437. The van der Waals surface area contributed by atoms with Crippen LogP contribution in [-0.2, 0) is 4.74 Å². The van der Waals surface area contributed by atoms with Crippen LogP contribution in [0.15, 0.2) is 30.3 Å². The van der Waals surface area contributed by atoms with Gasteiger partial charge in [-0.15, -0.1) is 0 Å². The number of carbonyl (C=O) groups excluding carboxylic acids is 2. The van der Waals surface area contributed by atoms with Crippen LogP contribution in [0, 0.1) is 0 Å². The number of esters is 1. The van der Waals surface area contributed by atoms with Crippen molar-refractivity contribution in [1.82, 2.24) is 0 Å². The second-order valence-electron chi connectivity index (χ2n) is 3.54. The number of carbonyl (C=O) groups is 2. The van der Waals surface area contributed by atoms with Crippen molar-refractivity contribution in [2.24, 2.45) is 0 Å². The Labute approximate surface area is 97.4 Å². The van der Waals surface area contributed by atoms with Crippen molar-refractivity contribution < 1.29 is 19.4 Å². The van der Waals surface area contributed by atoms with Crippen LogP contribution in [0.3, 0.4) is 0 Å². The number of hydrogen-bond acceptors (Lipinski definition) is 4. The second-order valence-corrected chi connectivity index (χ2v) is 3.54. The molecule has 0 heterocycles. The van der Waals surface area contributed by atoms with Gasteiger partial charge in [-0.25, -0.2) is 4.79 Å². The summed E-state index contributed by atoms with van der Waals surface area (Å²) in [6, 6.07) is 7.86. The van der Waals surface area contributed by atoms with E-state index in [0.717, 1.165) is 0 Å². The van der Waals surface area contributed by atoms with Crippen LogP contribution in [0.1, 0.15) is 20.7 Å². The normalized spacial score (nSPS) is 10.2. The minimum absolute atomic E-state index is 0.0710. The molecule has 2 rings (SSSR count). The summed E-state index contributed by atoms with van der Waals surface area (Å²) in [7, 11) is 1.31. The Kier molecular flexibility index (Phi) is 2.78. The molecule has 0 bridgehead atoms. The van der Waals surface area contributed by atoms with E-state index in [4.69, 9.17) is 0 Å². The molecule has 0 unspecified atom stereocenters. The van der Waals surface area contributed by atoms with Gasteiger partial charge in [-0.3, -0.25) is 4.79 Å². The molecule has 0 saturated heterocycles. The Morgan fingerprint density at radius 3 is 2.71 bits per heavy atom. The highest BCUT2D eigenvalue weighted by atomic mass is 16.5. The van der Waals surface area contributed by atoms with E-state index in [9.17, 15) is 14.7 Å². The summed E-state index contributed by atoms with van der Waals surface area (Å²) in [4.78, 5) is 22.2. The summed E-state index contributed by atoms with van der Waals surface area (Å²) in [5, 5.41) is 10.8. The van der Waals surface area contributed by atoms with Gasteiger partial charge in [0.05, 0.1) is 18.2 Å². The van der Waals surface area contributed by atoms with E-state index >= 15 is 0 Å². The molecule has 0 aliphatic heterocycles. The standard InChI is InChI=1S/C13H10O4/c1-17-13(16)9-2-4-10-8(6-9)3-5-12(15)11(10)7-14/h2-7,15H,1H3. The van der Waals surface area contributed by atoms with Crippen LogP contribution in [0.25, 0.3) is 10.8 Å². The first-order valence-electron chi connectivity index (χ1n) is 4.96. The molecule has 0 amide bonds. The zero-order valence-electron chi connectivity index (χ0n) is 9.14. The van der Waals surface area contributed by atoms with Gasteiger partial charge in [-0.05, 0) is 29.0 Å². The number of benzene rings is 2. The van der Waals surface area contributed by atoms with Gasteiger partial charge in [-0.1, -0.05) is 12.1 Å². The molecular weight excluding hydrogens is 220 g/mol. The molecule has 2 aromatic rings. The fourth-order valence-corrected chi connectivity index (χ4v) is 1.71. The number of methoxy groups -OCH3 is 1. The maximum Gasteiger partial charge on any atom is 0.337 e. The molecule has 86 valence electrons. The summed E-state index contributed by atoms with van der Waals surface area (Å²) in [5.74, 6) is -0.508. The molecule has 0 spiro atoms. The molecule has 0 aliphatic rings. The third kappa shape index (κ3) is 1.85. The van der Waals surface area contributed by atoms with E-state index in [-0.39, 0.29) is 11.3 Å². The van der Waals surface area contributed by atoms with Gasteiger partial charge in [0.25, 0.3) is 0 Å². The number of phenols is 1. The monoisotopic (exact) mass is 230 g/mol. The topological polar surface area (TPSA) is 63.6 Å². The van der Waals surface area contributed by atoms with Crippen LogP contribution < -0.4 is 0 Å². The van der Waals surface area contributed by atoms with Crippen molar-refractivity contribution in [2.45, 2.75) is 0 Å². The van der Waals surface area contributed by atoms with Crippen molar-refractivity contribution >= 4 is 23.0 Å². The van der Waals surface area contributed by atoms with Crippen molar-refractivity contribution in [3.63, 3.8) is 0 Å². The van der Waals surface area contributed by atoms with E-state index in [1.54, 1.807) is 24.3 Å². The predicted molar refractivity (Wildman–Crippen MR) is 62.3 cm³/mol. The minimum Gasteiger partial charge on any atom is -0.507 e. The van der Waals surface area contributed by atoms with E-state index in [2.05, 4.69) is 4.74 Å². The number of rotatable bonds is 2. The lowest BCUT2D eigenvalue weighted by Gasteiger charge is -2.05. The Morgan fingerprint density at radius 2 is 2.06 bits per heavy atom. The Balaban J connectivity index is 2.69. The summed E-state index contributed by atoms with van der Waals surface area (Å²) in [6.07, 6.45) is 0.593. The summed E-state index contributed by atoms with van der Waals surface area (Å²) >= 11 is 0. The number of hydrogen-bond donors (Lipinski definition) is 1. The fraction of sp³-hybridized carbons (Fsp3) is 0.0769. The lowest BCUT2D eigenvalue weighted by atomic mass is 10.0. The second kappa shape index (κ2) is 4.25. The van der Waals surface area contributed by atoms with E-state index < -0.39 is 5.97 Å². The van der Waals surface area contributed by atoms with Crippen LogP contribution in [0.2, 0.25) is 0 Å². The first-order chi connectivity index (χ1) is 8.17. The van der Waals surface area contributed by atoms with Gasteiger partial charge in [0, 0.05) is 0 Å². The highest BCUT2D eigenvalue weighted by Crippen LogP contribution is 2.26. The molecule has 4 heteroatoms. The van der Waals surface area contributed by atoms with Gasteiger partial charge in [-0.2, -0.15) is 0 Å². The average Bonchev–Trinajstić information content (AvgIpc) is 2.37. The van der Waals surface area contributed by atoms with Crippen LogP contribution in [-0.4, -0.2) is 24.5 Å².